The zero-order chi connectivity index (χ0) is 21.3. The lowest BCUT2D eigenvalue weighted by Crippen LogP contribution is -2.04. The van der Waals surface area contributed by atoms with Crippen LogP contribution in [0.25, 0.3) is 17.0 Å². The van der Waals surface area contributed by atoms with Gasteiger partial charge in [0.2, 0.25) is 0 Å². The van der Waals surface area contributed by atoms with Crippen molar-refractivity contribution >= 4 is 34.3 Å². The lowest BCUT2D eigenvalue weighted by atomic mass is 10.2. The Kier molecular flexibility index (Phi) is 5.16. The van der Waals surface area contributed by atoms with E-state index in [1.165, 1.54) is 18.3 Å². The van der Waals surface area contributed by atoms with E-state index in [9.17, 15) is 14.0 Å². The first-order chi connectivity index (χ1) is 14.4. The number of rotatable bonds is 5. The second kappa shape index (κ2) is 7.93. The van der Waals surface area contributed by atoms with Gasteiger partial charge in [-0.2, -0.15) is 14.0 Å². The number of hydrogen-bond acceptors (Lipinski definition) is 6. The summed E-state index contributed by atoms with van der Waals surface area (Å²) in [6, 6.07) is 13.0. The molecule has 4 rings (SSSR count). The van der Waals surface area contributed by atoms with Crippen LogP contribution in [-0.4, -0.2) is 26.1 Å². The molecule has 0 bridgehead atoms. The van der Waals surface area contributed by atoms with Crippen molar-refractivity contribution in [1.29, 1.82) is 5.26 Å². The van der Waals surface area contributed by atoms with Gasteiger partial charge in [-0.3, -0.25) is 4.57 Å². The molecule has 150 valence electrons. The first-order valence-corrected chi connectivity index (χ1v) is 9.06. The Morgan fingerprint density at radius 3 is 2.63 bits per heavy atom. The van der Waals surface area contributed by atoms with Gasteiger partial charge in [0.1, 0.15) is 23.2 Å². The zero-order valence-corrected chi connectivity index (χ0v) is 16.2. The lowest BCUT2D eigenvalue weighted by Gasteiger charge is -2.11. The quantitative estimate of drug-likeness (QED) is 0.483. The zero-order valence-electron chi connectivity index (χ0n) is 15.5. The van der Waals surface area contributed by atoms with Crippen LogP contribution < -0.4 is 10.1 Å². The largest absolute Gasteiger partial charge is 0.435 e. The molecule has 0 aliphatic heterocycles. The molecule has 0 saturated heterocycles. The molecule has 0 amide bonds. The van der Waals surface area contributed by atoms with Crippen molar-refractivity contribution in [2.75, 3.05) is 5.32 Å². The van der Waals surface area contributed by atoms with Crippen molar-refractivity contribution in [3.63, 3.8) is 0 Å². The first kappa shape index (κ1) is 19.5. The first-order valence-electron chi connectivity index (χ1n) is 8.68. The van der Waals surface area contributed by atoms with E-state index >= 15 is 0 Å². The molecule has 1 aromatic carbocycles. The monoisotopic (exact) mass is 426 g/mol. The Balaban J connectivity index is 1.72. The molecule has 0 atom stereocenters. The minimum Gasteiger partial charge on any atom is -0.435 e. The second-order valence-electron chi connectivity index (χ2n) is 6.23. The van der Waals surface area contributed by atoms with Crippen LogP contribution in [0.4, 0.5) is 20.3 Å². The number of aryl methyl sites for hydroxylation is 1. The summed E-state index contributed by atoms with van der Waals surface area (Å²) in [5.41, 5.74) is 2.12. The third-order valence-corrected chi connectivity index (χ3v) is 4.37. The number of nitrogens with zero attached hydrogens (tertiary/aromatic N) is 5. The van der Waals surface area contributed by atoms with Gasteiger partial charge in [-0.25, -0.2) is 15.0 Å². The summed E-state index contributed by atoms with van der Waals surface area (Å²) >= 11 is 6.08. The highest BCUT2D eigenvalue weighted by atomic mass is 35.5. The molecule has 3 aromatic heterocycles. The predicted molar refractivity (Wildman–Crippen MR) is 107 cm³/mol. The van der Waals surface area contributed by atoms with E-state index in [4.69, 9.17) is 11.6 Å². The van der Waals surface area contributed by atoms with Crippen molar-refractivity contribution in [1.82, 2.24) is 19.5 Å². The molecule has 1 N–H and O–H groups in total. The van der Waals surface area contributed by atoms with E-state index in [2.05, 4.69) is 31.1 Å². The molecule has 0 saturated carbocycles. The van der Waals surface area contributed by atoms with Gasteiger partial charge in [-0.1, -0.05) is 11.6 Å². The highest BCUT2D eigenvalue weighted by Crippen LogP contribution is 2.25. The molecule has 0 unspecified atom stereocenters. The van der Waals surface area contributed by atoms with Crippen LogP contribution in [0.1, 0.15) is 11.4 Å². The van der Waals surface area contributed by atoms with Crippen molar-refractivity contribution in [3.8, 4) is 17.6 Å². The summed E-state index contributed by atoms with van der Waals surface area (Å²) in [6.07, 6.45) is 1.51. The Bertz CT molecular complexity index is 1270. The molecule has 3 heterocycles. The van der Waals surface area contributed by atoms with Crippen molar-refractivity contribution < 1.29 is 13.5 Å². The van der Waals surface area contributed by atoms with Gasteiger partial charge in [0, 0.05) is 11.9 Å². The fourth-order valence-corrected chi connectivity index (χ4v) is 3.12. The molecular formula is C20H13ClF2N6O. The number of fused-ring (bicyclic) bond motifs is 1. The molecule has 0 aliphatic carbocycles. The molecule has 0 radical (unpaired) electrons. The lowest BCUT2D eigenvalue weighted by molar-refractivity contribution is -0.0498. The van der Waals surface area contributed by atoms with E-state index in [0.29, 0.717) is 44.9 Å². The Labute approximate surface area is 174 Å². The van der Waals surface area contributed by atoms with E-state index in [-0.39, 0.29) is 5.75 Å². The SMILES string of the molecule is Cc1nc2ncc(Cl)cc2n1-c1cc(C#N)cc(Nc2ccc(OC(F)F)cc2)n1. The van der Waals surface area contributed by atoms with Gasteiger partial charge >= 0.3 is 6.61 Å². The topological polar surface area (TPSA) is 88.7 Å². The number of ether oxygens (including phenoxy) is 1. The Morgan fingerprint density at radius 2 is 1.93 bits per heavy atom. The molecule has 30 heavy (non-hydrogen) atoms. The summed E-state index contributed by atoms with van der Waals surface area (Å²) in [5, 5.41) is 13.0. The van der Waals surface area contributed by atoms with E-state index in [0.717, 1.165) is 0 Å². The van der Waals surface area contributed by atoms with Crippen molar-refractivity contribution in [2.45, 2.75) is 13.5 Å². The number of nitriles is 1. The molecule has 4 aromatic rings. The molecular weight excluding hydrogens is 414 g/mol. The summed E-state index contributed by atoms with van der Waals surface area (Å²) in [6.45, 7) is -1.10. The van der Waals surface area contributed by atoms with Gasteiger partial charge in [0.15, 0.2) is 5.65 Å². The van der Waals surface area contributed by atoms with Crippen LogP contribution in [0.5, 0.6) is 5.75 Å². The average Bonchev–Trinajstić information content (AvgIpc) is 3.03. The average molecular weight is 427 g/mol. The summed E-state index contributed by atoms with van der Waals surface area (Å²) in [5.74, 6) is 1.52. The second-order valence-corrected chi connectivity index (χ2v) is 6.67. The van der Waals surface area contributed by atoms with Gasteiger partial charge in [-0.15, -0.1) is 0 Å². The molecule has 0 aliphatic rings. The fourth-order valence-electron chi connectivity index (χ4n) is 2.97. The highest BCUT2D eigenvalue weighted by molar-refractivity contribution is 6.31. The number of aromatic nitrogens is 4. The van der Waals surface area contributed by atoms with Gasteiger partial charge in [-0.05, 0) is 49.4 Å². The van der Waals surface area contributed by atoms with Crippen LogP contribution in [-0.2, 0) is 0 Å². The van der Waals surface area contributed by atoms with Crippen LogP contribution in [0.15, 0.2) is 48.7 Å². The minimum atomic E-state index is -2.89. The normalized spacial score (nSPS) is 10.9. The molecule has 0 fully saturated rings. The van der Waals surface area contributed by atoms with Gasteiger partial charge < -0.3 is 10.1 Å². The third kappa shape index (κ3) is 3.99. The molecule has 0 spiro atoms. The minimum absolute atomic E-state index is 0.0415. The maximum atomic E-state index is 12.3. The number of nitrogens with one attached hydrogen (secondary N) is 1. The van der Waals surface area contributed by atoms with Crippen LogP contribution in [0, 0.1) is 18.3 Å². The molecule has 10 heteroatoms. The van der Waals surface area contributed by atoms with Crippen LogP contribution in [0.2, 0.25) is 5.02 Å². The number of hydrogen-bond donors (Lipinski definition) is 1. The maximum Gasteiger partial charge on any atom is 0.387 e. The number of alkyl halides is 2. The van der Waals surface area contributed by atoms with Crippen LogP contribution in [0.3, 0.4) is 0 Å². The number of anilines is 2. The number of halogens is 3. The summed E-state index contributed by atoms with van der Waals surface area (Å²) < 4.78 is 30.7. The van der Waals surface area contributed by atoms with Crippen molar-refractivity contribution in [2.24, 2.45) is 0 Å². The van der Waals surface area contributed by atoms with Crippen LogP contribution >= 0.6 is 11.6 Å². The maximum absolute atomic E-state index is 12.3. The number of benzene rings is 1. The van der Waals surface area contributed by atoms with Crippen molar-refractivity contribution in [3.05, 3.63) is 65.1 Å². The Hall–Kier alpha value is -3.77. The smallest absolute Gasteiger partial charge is 0.387 e. The standard InChI is InChI=1S/C20H13ClF2N6O/c1-11-26-19-16(8-13(21)10-25-19)29(11)18-7-12(9-24)6-17(28-18)27-14-2-4-15(5-3-14)30-20(22)23/h2-8,10,20H,1H3,(H,27,28). The van der Waals surface area contributed by atoms with Gasteiger partial charge in [0.05, 0.1) is 22.2 Å². The number of pyridine rings is 2. The van der Waals surface area contributed by atoms with E-state index in [1.807, 2.05) is 0 Å². The third-order valence-electron chi connectivity index (χ3n) is 4.17. The van der Waals surface area contributed by atoms with E-state index in [1.54, 1.807) is 41.8 Å². The van der Waals surface area contributed by atoms with E-state index < -0.39 is 6.61 Å². The Morgan fingerprint density at radius 1 is 1.17 bits per heavy atom. The van der Waals surface area contributed by atoms with Gasteiger partial charge in [0.25, 0.3) is 0 Å². The predicted octanol–water partition coefficient (Wildman–Crippen LogP) is 4.99. The molecule has 7 nitrogen and oxygen atoms in total. The number of imidazole rings is 1. The summed E-state index contributed by atoms with van der Waals surface area (Å²) in [4.78, 5) is 13.2. The fraction of sp³-hybridized carbons (Fsp3) is 0.100. The summed E-state index contributed by atoms with van der Waals surface area (Å²) in [7, 11) is 0. The highest BCUT2D eigenvalue weighted by Gasteiger charge is 2.14.